The first-order valence-electron chi connectivity index (χ1n) is 13.1. The molecule has 0 spiro atoms. The first-order chi connectivity index (χ1) is 19.9. The Morgan fingerprint density at radius 1 is 0.780 bits per heavy atom. The maximum Gasteiger partial charge on any atom is 0.280 e. The molecular weight excluding hydrogens is 559 g/mol. The van der Waals surface area contributed by atoms with Crippen LogP contribution in [0.5, 0.6) is 17.2 Å². The van der Waals surface area contributed by atoms with Crippen molar-refractivity contribution >= 4 is 46.6 Å². The van der Waals surface area contributed by atoms with Gasteiger partial charge < -0.3 is 14.2 Å². The van der Waals surface area contributed by atoms with Gasteiger partial charge in [-0.05, 0) is 73.0 Å². The second-order valence-electron chi connectivity index (χ2n) is 9.29. The van der Waals surface area contributed by atoms with Crippen LogP contribution in [-0.2, 0) is 18.0 Å². The third kappa shape index (κ3) is 6.73. The Morgan fingerprint density at radius 3 is 2.12 bits per heavy atom. The number of amides is 1. The number of rotatable bonds is 10. The molecule has 1 amide bonds. The van der Waals surface area contributed by atoms with Crippen LogP contribution in [0.3, 0.4) is 0 Å². The van der Waals surface area contributed by atoms with Gasteiger partial charge in [0.1, 0.15) is 13.2 Å². The second-order valence-corrected chi connectivity index (χ2v) is 10.1. The minimum Gasteiger partial charge on any atom is -0.490 e. The summed E-state index contributed by atoms with van der Waals surface area (Å²) in [5.74, 6) is 1.42. The lowest BCUT2D eigenvalue weighted by Crippen LogP contribution is -2.21. The average Bonchev–Trinajstić information content (AvgIpc) is 3.26. The van der Waals surface area contributed by atoms with Crippen LogP contribution in [0.15, 0.2) is 102 Å². The SMILES string of the molecule is CCOc1cc(COc2c(Cl)cc(/C=C3\C(=O)N(c4ccccc4)N=C3C)cc2Cl)ccc1OCc1ccccc1. The lowest BCUT2D eigenvalue weighted by Gasteiger charge is -2.15. The van der Waals surface area contributed by atoms with Gasteiger partial charge in [0.25, 0.3) is 5.91 Å². The first kappa shape index (κ1) is 28.3. The standard InChI is InChI=1S/C33H28Cl2N2O4/c1-3-39-31-19-24(14-15-30(31)40-20-23-10-6-4-7-11-23)21-41-32-28(34)17-25(18-29(32)35)16-27-22(2)36-37(33(27)38)26-12-8-5-9-13-26/h4-19H,3,20-21H2,1-2H3/b27-16-. The summed E-state index contributed by atoms with van der Waals surface area (Å²) in [6.45, 7) is 4.87. The predicted molar refractivity (Wildman–Crippen MR) is 164 cm³/mol. The molecule has 4 aromatic rings. The minimum atomic E-state index is -0.220. The quantitative estimate of drug-likeness (QED) is 0.175. The molecule has 0 radical (unpaired) electrons. The molecule has 6 nitrogen and oxygen atoms in total. The number of nitrogens with zero attached hydrogens (tertiary/aromatic N) is 2. The fourth-order valence-corrected chi connectivity index (χ4v) is 4.93. The van der Waals surface area contributed by atoms with E-state index in [4.69, 9.17) is 37.4 Å². The molecule has 0 unspecified atom stereocenters. The van der Waals surface area contributed by atoms with Gasteiger partial charge in [0.2, 0.25) is 0 Å². The Labute approximate surface area is 249 Å². The zero-order valence-electron chi connectivity index (χ0n) is 22.6. The molecule has 0 bridgehead atoms. The summed E-state index contributed by atoms with van der Waals surface area (Å²) in [4.78, 5) is 13.1. The largest absolute Gasteiger partial charge is 0.490 e. The molecule has 0 fully saturated rings. The Hall–Kier alpha value is -4.26. The summed E-state index contributed by atoms with van der Waals surface area (Å²) in [6, 6.07) is 28.3. The third-order valence-corrected chi connectivity index (χ3v) is 6.88. The van der Waals surface area contributed by atoms with E-state index in [9.17, 15) is 4.79 Å². The molecule has 5 rings (SSSR count). The summed E-state index contributed by atoms with van der Waals surface area (Å²) in [5, 5.41) is 6.47. The van der Waals surface area contributed by atoms with Crippen LogP contribution in [0.25, 0.3) is 6.08 Å². The topological polar surface area (TPSA) is 60.4 Å². The Kier molecular flexibility index (Phi) is 8.92. The summed E-state index contributed by atoms with van der Waals surface area (Å²) in [6.07, 6.45) is 1.73. The molecule has 4 aromatic carbocycles. The van der Waals surface area contributed by atoms with Gasteiger partial charge in [0, 0.05) is 0 Å². The summed E-state index contributed by atoms with van der Waals surface area (Å²) in [7, 11) is 0. The van der Waals surface area contributed by atoms with Crippen LogP contribution in [0.1, 0.15) is 30.5 Å². The maximum absolute atomic E-state index is 13.1. The third-order valence-electron chi connectivity index (χ3n) is 6.32. The highest BCUT2D eigenvalue weighted by Gasteiger charge is 2.28. The molecule has 8 heteroatoms. The zero-order valence-corrected chi connectivity index (χ0v) is 24.2. The van der Waals surface area contributed by atoms with E-state index in [1.165, 1.54) is 5.01 Å². The van der Waals surface area contributed by atoms with Crippen LogP contribution in [0, 0.1) is 0 Å². The van der Waals surface area contributed by atoms with Gasteiger partial charge in [0.15, 0.2) is 17.2 Å². The van der Waals surface area contributed by atoms with Crippen molar-refractivity contribution in [2.45, 2.75) is 27.1 Å². The van der Waals surface area contributed by atoms with Gasteiger partial charge >= 0.3 is 0 Å². The fourth-order valence-electron chi connectivity index (χ4n) is 4.32. The van der Waals surface area contributed by atoms with Gasteiger partial charge in [-0.2, -0.15) is 10.1 Å². The molecule has 0 saturated carbocycles. The van der Waals surface area contributed by atoms with Crippen molar-refractivity contribution < 1.29 is 19.0 Å². The van der Waals surface area contributed by atoms with E-state index in [0.717, 1.165) is 11.1 Å². The van der Waals surface area contributed by atoms with Crippen molar-refractivity contribution in [3.8, 4) is 17.2 Å². The molecule has 208 valence electrons. The van der Waals surface area contributed by atoms with Crippen LogP contribution in [0.4, 0.5) is 5.69 Å². The number of carbonyl (C=O) groups excluding carboxylic acids is 1. The van der Waals surface area contributed by atoms with Crippen LogP contribution in [0.2, 0.25) is 10.0 Å². The smallest absolute Gasteiger partial charge is 0.280 e. The maximum atomic E-state index is 13.1. The summed E-state index contributed by atoms with van der Waals surface area (Å²) >= 11 is 13.2. The lowest BCUT2D eigenvalue weighted by atomic mass is 10.1. The van der Waals surface area contributed by atoms with E-state index >= 15 is 0 Å². The number of anilines is 1. The molecule has 1 aliphatic rings. The number of ether oxygens (including phenoxy) is 3. The number of benzene rings is 4. The van der Waals surface area contributed by atoms with Gasteiger partial charge in [-0.25, -0.2) is 0 Å². The number of hydrazone groups is 1. The average molecular weight is 588 g/mol. The molecule has 1 aliphatic heterocycles. The molecule has 0 atom stereocenters. The summed E-state index contributed by atoms with van der Waals surface area (Å²) in [5.41, 5.74) is 4.37. The Bertz CT molecular complexity index is 1580. The normalized spacial score (nSPS) is 13.9. The van der Waals surface area contributed by atoms with Crippen molar-refractivity contribution in [1.82, 2.24) is 0 Å². The van der Waals surface area contributed by atoms with E-state index in [0.29, 0.717) is 63.0 Å². The second kappa shape index (κ2) is 12.9. The van der Waals surface area contributed by atoms with Gasteiger partial charge in [-0.3, -0.25) is 4.79 Å². The Balaban J connectivity index is 1.28. The monoisotopic (exact) mass is 586 g/mol. The molecule has 1 heterocycles. The van der Waals surface area contributed by atoms with Crippen molar-refractivity contribution in [3.05, 3.63) is 123 Å². The number of halogens is 2. The van der Waals surface area contributed by atoms with E-state index in [2.05, 4.69) is 5.10 Å². The number of para-hydroxylation sites is 1. The molecular formula is C33H28Cl2N2O4. The highest BCUT2D eigenvalue weighted by atomic mass is 35.5. The van der Waals surface area contributed by atoms with Gasteiger partial charge in [-0.1, -0.05) is 77.8 Å². The van der Waals surface area contributed by atoms with Crippen LogP contribution >= 0.6 is 23.2 Å². The number of carbonyl (C=O) groups is 1. The predicted octanol–water partition coefficient (Wildman–Crippen LogP) is 8.36. The van der Waals surface area contributed by atoms with E-state index in [1.54, 1.807) is 25.1 Å². The minimum absolute atomic E-state index is 0.217. The summed E-state index contributed by atoms with van der Waals surface area (Å²) < 4.78 is 17.8. The van der Waals surface area contributed by atoms with Crippen molar-refractivity contribution in [2.75, 3.05) is 11.6 Å². The zero-order chi connectivity index (χ0) is 28.8. The Morgan fingerprint density at radius 2 is 1.44 bits per heavy atom. The lowest BCUT2D eigenvalue weighted by molar-refractivity contribution is -0.114. The molecule has 0 saturated heterocycles. The van der Waals surface area contributed by atoms with E-state index in [-0.39, 0.29) is 12.5 Å². The van der Waals surface area contributed by atoms with Crippen molar-refractivity contribution in [3.63, 3.8) is 0 Å². The molecule has 0 aromatic heterocycles. The van der Waals surface area contributed by atoms with Gasteiger partial charge in [-0.15, -0.1) is 0 Å². The molecule has 0 aliphatic carbocycles. The van der Waals surface area contributed by atoms with Crippen LogP contribution in [-0.4, -0.2) is 18.2 Å². The van der Waals surface area contributed by atoms with Crippen molar-refractivity contribution in [1.29, 1.82) is 0 Å². The van der Waals surface area contributed by atoms with E-state index in [1.807, 2.05) is 85.8 Å². The highest BCUT2D eigenvalue weighted by molar-refractivity contribution is 6.37. The fraction of sp³-hybridized carbons (Fsp3) is 0.152. The van der Waals surface area contributed by atoms with Crippen LogP contribution < -0.4 is 19.2 Å². The number of hydrogen-bond donors (Lipinski definition) is 0. The first-order valence-corrected chi connectivity index (χ1v) is 13.9. The highest BCUT2D eigenvalue weighted by Crippen LogP contribution is 2.37. The van der Waals surface area contributed by atoms with E-state index < -0.39 is 0 Å². The molecule has 0 N–H and O–H groups in total. The van der Waals surface area contributed by atoms with Crippen molar-refractivity contribution in [2.24, 2.45) is 5.10 Å². The number of hydrogen-bond acceptors (Lipinski definition) is 5. The molecule has 41 heavy (non-hydrogen) atoms. The van der Waals surface area contributed by atoms with Gasteiger partial charge in [0.05, 0.1) is 33.6 Å².